The number of cyclic esters (lactones) is 2. The summed E-state index contributed by atoms with van der Waals surface area (Å²) in [5.74, 6) is 1.19. The van der Waals surface area contributed by atoms with Crippen LogP contribution in [0.25, 0.3) is 0 Å². The molecule has 3 heteroatoms. The lowest BCUT2D eigenvalue weighted by atomic mass is 9.87. The number of carbonyl (C=O) groups is 2. The molecule has 0 spiro atoms. The first kappa shape index (κ1) is 6.35. The number of esters is 2. The molecular weight excluding hydrogens is 168 g/mol. The topological polar surface area (TPSA) is 43.4 Å². The minimum absolute atomic E-state index is 0.0949. The molecule has 66 valence electrons. The summed E-state index contributed by atoms with van der Waals surface area (Å²) in [6.45, 7) is 0. The van der Waals surface area contributed by atoms with E-state index >= 15 is 0 Å². The Morgan fingerprint density at radius 2 is 1.62 bits per heavy atom. The molecule has 0 bridgehead atoms. The molecule has 0 aromatic rings. The second kappa shape index (κ2) is 1.59. The third-order valence-electron chi connectivity index (χ3n) is 4.15. The maximum atomic E-state index is 11.4. The summed E-state index contributed by atoms with van der Waals surface area (Å²) in [4.78, 5) is 22.7. The molecule has 0 N–H and O–H groups in total. The predicted molar refractivity (Wildman–Crippen MR) is 41.2 cm³/mol. The van der Waals surface area contributed by atoms with Crippen LogP contribution in [0.2, 0.25) is 0 Å². The molecule has 3 aliphatic carbocycles. The van der Waals surface area contributed by atoms with E-state index in [0.29, 0.717) is 23.7 Å². The Morgan fingerprint density at radius 3 is 2.46 bits per heavy atom. The van der Waals surface area contributed by atoms with Gasteiger partial charge in [0.2, 0.25) is 0 Å². The highest BCUT2D eigenvalue weighted by Crippen LogP contribution is 2.71. The first-order valence-corrected chi connectivity index (χ1v) is 4.73. The van der Waals surface area contributed by atoms with E-state index in [1.807, 2.05) is 0 Å². The maximum Gasteiger partial charge on any atom is 0.318 e. The number of ether oxygens (including phenoxy) is 1. The minimum Gasteiger partial charge on any atom is -0.393 e. The smallest absolute Gasteiger partial charge is 0.318 e. The predicted octanol–water partition coefficient (Wildman–Crippen LogP) is 0.364. The van der Waals surface area contributed by atoms with Crippen molar-refractivity contribution in [1.29, 1.82) is 0 Å². The largest absolute Gasteiger partial charge is 0.393 e. The Hall–Kier alpha value is -1.12. The standard InChI is InChI=1S/C10H8O3/c11-9-7-4-2-1-3-5(4)6(3)8(7)10(12)13-9/h1-8H. The number of allylic oxidation sites excluding steroid dienone is 2. The molecule has 4 aliphatic rings. The van der Waals surface area contributed by atoms with Crippen molar-refractivity contribution in [3.05, 3.63) is 12.2 Å². The summed E-state index contributed by atoms with van der Waals surface area (Å²) < 4.78 is 4.67. The molecule has 0 aromatic heterocycles. The van der Waals surface area contributed by atoms with Crippen LogP contribution < -0.4 is 0 Å². The van der Waals surface area contributed by atoms with Gasteiger partial charge in [-0.15, -0.1) is 0 Å². The third-order valence-corrected chi connectivity index (χ3v) is 4.15. The van der Waals surface area contributed by atoms with Gasteiger partial charge in [-0.2, -0.15) is 0 Å². The molecule has 3 fully saturated rings. The summed E-state index contributed by atoms with van der Waals surface area (Å²) >= 11 is 0. The molecule has 0 aromatic carbocycles. The van der Waals surface area contributed by atoms with Crippen LogP contribution in [0, 0.1) is 35.5 Å². The Labute approximate surface area is 74.7 Å². The highest BCUT2D eigenvalue weighted by Gasteiger charge is 2.74. The summed E-state index contributed by atoms with van der Waals surface area (Å²) in [5.41, 5.74) is 0. The van der Waals surface area contributed by atoms with E-state index in [1.165, 1.54) is 0 Å². The van der Waals surface area contributed by atoms with Crippen LogP contribution >= 0.6 is 0 Å². The van der Waals surface area contributed by atoms with Crippen molar-refractivity contribution >= 4 is 11.9 Å². The molecule has 0 radical (unpaired) electrons. The molecule has 1 aliphatic heterocycles. The van der Waals surface area contributed by atoms with Crippen LogP contribution in [0.1, 0.15) is 0 Å². The van der Waals surface area contributed by atoms with E-state index in [2.05, 4.69) is 16.9 Å². The fourth-order valence-electron chi connectivity index (χ4n) is 3.70. The van der Waals surface area contributed by atoms with Gasteiger partial charge in [0.05, 0.1) is 11.8 Å². The Kier molecular flexibility index (Phi) is 0.775. The zero-order valence-corrected chi connectivity index (χ0v) is 6.84. The molecule has 13 heavy (non-hydrogen) atoms. The molecule has 6 unspecified atom stereocenters. The summed E-state index contributed by atoms with van der Waals surface area (Å²) in [6.07, 6.45) is 4.29. The van der Waals surface area contributed by atoms with Gasteiger partial charge < -0.3 is 4.74 Å². The van der Waals surface area contributed by atoms with Gasteiger partial charge in [0, 0.05) is 0 Å². The zero-order valence-electron chi connectivity index (χ0n) is 6.84. The van der Waals surface area contributed by atoms with Crippen LogP contribution in [-0.2, 0) is 14.3 Å². The normalized spacial score (nSPS) is 59.4. The highest BCUT2D eigenvalue weighted by molar-refractivity contribution is 5.98. The van der Waals surface area contributed by atoms with Crippen LogP contribution in [0.15, 0.2) is 12.2 Å². The SMILES string of the molecule is O=C1OC(=O)C2C1C1C=CC3C1C32. The number of fused-ring (bicyclic) bond motifs is 4. The molecule has 1 heterocycles. The maximum absolute atomic E-state index is 11.4. The number of hydrogen-bond acceptors (Lipinski definition) is 3. The average molecular weight is 176 g/mol. The van der Waals surface area contributed by atoms with E-state index < -0.39 is 0 Å². The Morgan fingerprint density at radius 1 is 0.923 bits per heavy atom. The lowest BCUT2D eigenvalue weighted by Crippen LogP contribution is -2.20. The van der Waals surface area contributed by atoms with Crippen molar-refractivity contribution in [3.63, 3.8) is 0 Å². The molecule has 1 saturated heterocycles. The van der Waals surface area contributed by atoms with E-state index in [0.717, 1.165) is 0 Å². The van der Waals surface area contributed by atoms with Crippen LogP contribution in [-0.4, -0.2) is 11.9 Å². The first-order valence-electron chi connectivity index (χ1n) is 4.73. The van der Waals surface area contributed by atoms with Gasteiger partial charge in [-0.25, -0.2) is 0 Å². The number of hydrogen-bond donors (Lipinski definition) is 0. The molecule has 4 rings (SSSR count). The second-order valence-corrected chi connectivity index (χ2v) is 4.49. The number of rotatable bonds is 0. The van der Waals surface area contributed by atoms with E-state index in [-0.39, 0.29) is 23.8 Å². The Balaban J connectivity index is 1.87. The van der Waals surface area contributed by atoms with E-state index in [1.54, 1.807) is 0 Å². The van der Waals surface area contributed by atoms with Crippen molar-refractivity contribution in [2.75, 3.05) is 0 Å². The lowest BCUT2D eigenvalue weighted by molar-refractivity contribution is -0.154. The van der Waals surface area contributed by atoms with Crippen LogP contribution in [0.3, 0.4) is 0 Å². The molecule has 3 nitrogen and oxygen atoms in total. The Bertz CT molecular complexity index is 370. The van der Waals surface area contributed by atoms with Crippen molar-refractivity contribution < 1.29 is 14.3 Å². The van der Waals surface area contributed by atoms with Gasteiger partial charge in [-0.3, -0.25) is 9.59 Å². The second-order valence-electron chi connectivity index (χ2n) is 4.49. The van der Waals surface area contributed by atoms with Gasteiger partial charge in [-0.05, 0) is 23.7 Å². The monoisotopic (exact) mass is 176 g/mol. The summed E-state index contributed by atoms with van der Waals surface area (Å²) in [7, 11) is 0. The van der Waals surface area contributed by atoms with Gasteiger partial charge in [0.25, 0.3) is 0 Å². The lowest BCUT2D eigenvalue weighted by Gasteiger charge is -2.10. The van der Waals surface area contributed by atoms with Crippen molar-refractivity contribution in [2.45, 2.75) is 0 Å². The van der Waals surface area contributed by atoms with Crippen molar-refractivity contribution in [2.24, 2.45) is 35.5 Å². The van der Waals surface area contributed by atoms with Crippen LogP contribution in [0.5, 0.6) is 0 Å². The molecule has 6 atom stereocenters. The van der Waals surface area contributed by atoms with Gasteiger partial charge >= 0.3 is 11.9 Å². The third kappa shape index (κ3) is 0.489. The van der Waals surface area contributed by atoms with Gasteiger partial charge in [0.15, 0.2) is 0 Å². The summed E-state index contributed by atoms with van der Waals surface area (Å²) in [5, 5.41) is 0. The van der Waals surface area contributed by atoms with Crippen LogP contribution in [0.4, 0.5) is 0 Å². The minimum atomic E-state index is -0.280. The van der Waals surface area contributed by atoms with Gasteiger partial charge in [-0.1, -0.05) is 12.2 Å². The molecule has 2 saturated carbocycles. The van der Waals surface area contributed by atoms with E-state index in [9.17, 15) is 9.59 Å². The molecule has 0 amide bonds. The zero-order chi connectivity index (χ0) is 8.74. The van der Waals surface area contributed by atoms with Crippen molar-refractivity contribution in [1.82, 2.24) is 0 Å². The first-order chi connectivity index (χ1) is 6.29. The fraction of sp³-hybridized carbons (Fsp3) is 0.600. The molecular formula is C10H8O3. The van der Waals surface area contributed by atoms with Crippen molar-refractivity contribution in [3.8, 4) is 0 Å². The van der Waals surface area contributed by atoms with E-state index in [4.69, 9.17) is 0 Å². The highest BCUT2D eigenvalue weighted by atomic mass is 16.6. The fourth-order valence-corrected chi connectivity index (χ4v) is 3.70. The van der Waals surface area contributed by atoms with Gasteiger partial charge in [0.1, 0.15) is 0 Å². The quantitative estimate of drug-likeness (QED) is 0.304. The average Bonchev–Trinajstić information content (AvgIpc) is 2.38. The summed E-state index contributed by atoms with van der Waals surface area (Å²) in [6, 6.07) is 0. The number of carbonyl (C=O) groups excluding carboxylic acids is 2.